The second kappa shape index (κ2) is 4.60. The molecule has 0 amide bonds. The van der Waals surface area contributed by atoms with Crippen LogP contribution < -0.4 is 0 Å². The Morgan fingerprint density at radius 2 is 2.24 bits per heavy atom. The number of hydrogen-bond acceptors (Lipinski definition) is 2. The van der Waals surface area contributed by atoms with E-state index in [0.29, 0.717) is 10.6 Å². The molecule has 0 N–H and O–H groups in total. The summed E-state index contributed by atoms with van der Waals surface area (Å²) in [6.07, 6.45) is 1.87. The summed E-state index contributed by atoms with van der Waals surface area (Å²) in [6, 6.07) is 9.30. The van der Waals surface area contributed by atoms with Crippen LogP contribution in [0.15, 0.2) is 30.5 Å². The van der Waals surface area contributed by atoms with Crippen LogP contribution in [0.4, 0.5) is 0 Å². The molecule has 0 bridgehead atoms. The van der Waals surface area contributed by atoms with E-state index < -0.39 is 0 Å². The lowest BCUT2D eigenvalue weighted by Gasteiger charge is -2.04. The summed E-state index contributed by atoms with van der Waals surface area (Å²) >= 11 is 5.98. The van der Waals surface area contributed by atoms with E-state index in [0.717, 1.165) is 11.3 Å². The Morgan fingerprint density at radius 1 is 1.47 bits per heavy atom. The number of nitriles is 1. The number of benzene rings is 1. The molecule has 2 rings (SSSR count). The van der Waals surface area contributed by atoms with Crippen LogP contribution in [-0.2, 0) is 0 Å². The van der Waals surface area contributed by atoms with Crippen LogP contribution in [0.2, 0.25) is 5.02 Å². The van der Waals surface area contributed by atoms with Crippen molar-refractivity contribution in [3.8, 4) is 17.3 Å². The van der Waals surface area contributed by atoms with Gasteiger partial charge in [-0.25, -0.2) is 0 Å². The number of aromatic nitrogens is 2. The maximum Gasteiger partial charge on any atom is 0.101 e. The molecule has 0 aliphatic rings. The van der Waals surface area contributed by atoms with E-state index in [1.54, 1.807) is 16.8 Å². The van der Waals surface area contributed by atoms with Gasteiger partial charge in [0.15, 0.2) is 0 Å². The molecule has 3 nitrogen and oxygen atoms in total. The Morgan fingerprint density at radius 3 is 2.76 bits per heavy atom. The van der Waals surface area contributed by atoms with Crippen molar-refractivity contribution in [1.29, 1.82) is 5.26 Å². The largest absolute Gasteiger partial charge is 0.269 e. The molecule has 1 atom stereocenters. The predicted molar refractivity (Wildman–Crippen MR) is 67.5 cm³/mol. The first-order chi connectivity index (χ1) is 8.11. The zero-order valence-corrected chi connectivity index (χ0v) is 10.1. The van der Waals surface area contributed by atoms with Gasteiger partial charge in [-0.2, -0.15) is 10.4 Å². The zero-order chi connectivity index (χ0) is 12.4. The molecule has 0 aliphatic carbocycles. The second-order valence-electron chi connectivity index (χ2n) is 3.84. The van der Waals surface area contributed by atoms with Crippen LogP contribution in [-0.4, -0.2) is 9.78 Å². The molecule has 0 aliphatic heterocycles. The molecule has 2 aromatic rings. The van der Waals surface area contributed by atoms with Crippen LogP contribution in [0.3, 0.4) is 0 Å². The van der Waals surface area contributed by atoms with Crippen molar-refractivity contribution in [3.63, 3.8) is 0 Å². The normalized spacial score (nSPS) is 10.5. The highest BCUT2D eigenvalue weighted by Crippen LogP contribution is 2.24. The minimum absolute atomic E-state index is 0.0811. The van der Waals surface area contributed by atoms with Gasteiger partial charge in [0.05, 0.1) is 16.3 Å². The van der Waals surface area contributed by atoms with E-state index in [1.807, 2.05) is 31.3 Å². The first-order valence-electron chi connectivity index (χ1n) is 5.20. The van der Waals surface area contributed by atoms with E-state index in [2.05, 4.69) is 12.0 Å². The molecule has 0 saturated heterocycles. The van der Waals surface area contributed by atoms with Crippen LogP contribution in [0.25, 0.3) is 11.3 Å². The minimum Gasteiger partial charge on any atom is -0.269 e. The Balaban J connectivity index is 2.40. The maximum absolute atomic E-state index is 8.79. The third-order valence-corrected chi connectivity index (χ3v) is 2.76. The third-order valence-electron chi connectivity index (χ3n) is 2.45. The summed E-state index contributed by atoms with van der Waals surface area (Å²) in [5.41, 5.74) is 2.20. The standard InChI is InChI=1S/C13H11ClN3/c1-9(2)17-6-5-13(16-17)10-3-4-11(8-15)12(14)7-10/h3-7,9H,1H2,2H3. The van der Waals surface area contributed by atoms with E-state index in [4.69, 9.17) is 16.9 Å². The molecular weight excluding hydrogens is 234 g/mol. The number of rotatable bonds is 2. The zero-order valence-electron chi connectivity index (χ0n) is 9.39. The third kappa shape index (κ3) is 2.32. The highest BCUT2D eigenvalue weighted by molar-refractivity contribution is 6.32. The molecule has 0 saturated carbocycles. The van der Waals surface area contributed by atoms with Crippen molar-refractivity contribution in [3.05, 3.63) is 48.0 Å². The fraction of sp³-hybridized carbons (Fsp3) is 0.154. The molecule has 17 heavy (non-hydrogen) atoms. The fourth-order valence-electron chi connectivity index (χ4n) is 1.50. The SMILES string of the molecule is [CH2]C(C)n1ccc(-c2ccc(C#N)c(Cl)c2)n1. The summed E-state index contributed by atoms with van der Waals surface area (Å²) < 4.78 is 1.78. The number of hydrogen-bond donors (Lipinski definition) is 0. The molecule has 1 radical (unpaired) electrons. The molecule has 0 spiro atoms. The topological polar surface area (TPSA) is 41.6 Å². The summed E-state index contributed by atoms with van der Waals surface area (Å²) in [6.45, 7) is 5.85. The molecule has 85 valence electrons. The summed E-state index contributed by atoms with van der Waals surface area (Å²) in [5.74, 6) is 0. The fourth-order valence-corrected chi connectivity index (χ4v) is 1.73. The Kier molecular flexibility index (Phi) is 3.16. The van der Waals surface area contributed by atoms with Gasteiger partial charge in [0.1, 0.15) is 6.07 Å². The Bertz CT molecular complexity index is 579. The number of nitrogens with zero attached hydrogens (tertiary/aromatic N) is 3. The van der Waals surface area contributed by atoms with Gasteiger partial charge in [-0.15, -0.1) is 0 Å². The maximum atomic E-state index is 8.79. The van der Waals surface area contributed by atoms with Crippen LogP contribution >= 0.6 is 11.6 Å². The van der Waals surface area contributed by atoms with Gasteiger partial charge in [0, 0.05) is 17.8 Å². The Labute approximate surface area is 105 Å². The van der Waals surface area contributed by atoms with Gasteiger partial charge in [-0.1, -0.05) is 17.7 Å². The second-order valence-corrected chi connectivity index (χ2v) is 4.24. The van der Waals surface area contributed by atoms with Crippen molar-refractivity contribution >= 4 is 11.6 Å². The highest BCUT2D eigenvalue weighted by Gasteiger charge is 2.07. The lowest BCUT2D eigenvalue weighted by Crippen LogP contribution is -2.01. The van der Waals surface area contributed by atoms with Crippen molar-refractivity contribution in [2.45, 2.75) is 13.0 Å². The average molecular weight is 245 g/mol. The molecule has 1 heterocycles. The molecule has 1 unspecified atom stereocenters. The van der Waals surface area contributed by atoms with Gasteiger partial charge in [-0.05, 0) is 32.0 Å². The predicted octanol–water partition coefficient (Wildman–Crippen LogP) is 3.47. The van der Waals surface area contributed by atoms with Crippen LogP contribution in [0, 0.1) is 18.3 Å². The van der Waals surface area contributed by atoms with Gasteiger partial charge < -0.3 is 0 Å². The first-order valence-corrected chi connectivity index (χ1v) is 5.58. The van der Waals surface area contributed by atoms with Gasteiger partial charge in [-0.3, -0.25) is 4.68 Å². The van der Waals surface area contributed by atoms with Gasteiger partial charge in [0.2, 0.25) is 0 Å². The quantitative estimate of drug-likeness (QED) is 0.812. The van der Waals surface area contributed by atoms with Crippen molar-refractivity contribution in [2.24, 2.45) is 0 Å². The van der Waals surface area contributed by atoms with Crippen molar-refractivity contribution in [2.75, 3.05) is 0 Å². The van der Waals surface area contributed by atoms with Crippen molar-refractivity contribution < 1.29 is 0 Å². The van der Waals surface area contributed by atoms with E-state index in [9.17, 15) is 0 Å². The summed E-state index contributed by atoms with van der Waals surface area (Å²) in [5, 5.41) is 13.6. The molecule has 0 fully saturated rings. The molecule has 4 heteroatoms. The van der Waals surface area contributed by atoms with E-state index in [1.165, 1.54) is 0 Å². The molecule has 1 aromatic carbocycles. The number of halogens is 1. The first kappa shape index (κ1) is 11.7. The highest BCUT2D eigenvalue weighted by atomic mass is 35.5. The Hall–Kier alpha value is -1.79. The average Bonchev–Trinajstić information content (AvgIpc) is 2.78. The monoisotopic (exact) mass is 244 g/mol. The lowest BCUT2D eigenvalue weighted by molar-refractivity contribution is 0.579. The lowest BCUT2D eigenvalue weighted by atomic mass is 10.1. The minimum atomic E-state index is 0.0811. The van der Waals surface area contributed by atoms with Crippen LogP contribution in [0.5, 0.6) is 0 Å². The van der Waals surface area contributed by atoms with Crippen molar-refractivity contribution in [1.82, 2.24) is 9.78 Å². The smallest absolute Gasteiger partial charge is 0.101 e. The van der Waals surface area contributed by atoms with E-state index >= 15 is 0 Å². The molecule has 1 aromatic heterocycles. The van der Waals surface area contributed by atoms with E-state index in [-0.39, 0.29) is 6.04 Å². The van der Waals surface area contributed by atoms with Gasteiger partial charge in [0.25, 0.3) is 0 Å². The van der Waals surface area contributed by atoms with Gasteiger partial charge >= 0.3 is 0 Å². The summed E-state index contributed by atoms with van der Waals surface area (Å²) in [7, 11) is 0. The summed E-state index contributed by atoms with van der Waals surface area (Å²) in [4.78, 5) is 0. The van der Waals surface area contributed by atoms with Crippen LogP contribution in [0.1, 0.15) is 18.5 Å². The molecular formula is C13H11ClN3.